The lowest BCUT2D eigenvalue weighted by Crippen LogP contribution is -2.25. The summed E-state index contributed by atoms with van der Waals surface area (Å²) < 4.78 is 11.1. The summed E-state index contributed by atoms with van der Waals surface area (Å²) >= 11 is 1.02. The molecular formula is C21H20N2O5S. The Morgan fingerprint density at radius 3 is 2.52 bits per heavy atom. The highest BCUT2D eigenvalue weighted by molar-refractivity contribution is 8.15. The minimum atomic E-state index is -0.379. The predicted octanol–water partition coefficient (Wildman–Crippen LogP) is 2.98. The van der Waals surface area contributed by atoms with Crippen LogP contribution >= 0.6 is 11.8 Å². The first-order valence-corrected chi connectivity index (χ1v) is 10.2. The summed E-state index contributed by atoms with van der Waals surface area (Å²) in [5.41, 5.74) is 1.91. The summed E-state index contributed by atoms with van der Waals surface area (Å²) in [5.74, 6) is 0.450. The molecule has 2 aliphatic rings. The fourth-order valence-corrected chi connectivity index (χ4v) is 3.86. The molecule has 7 nitrogen and oxygen atoms in total. The summed E-state index contributed by atoms with van der Waals surface area (Å²) in [6, 6.07) is 17.0. The Kier molecular flexibility index (Phi) is 5.71. The number of ether oxygens (including phenoxy) is 2. The van der Waals surface area contributed by atoms with E-state index in [0.717, 1.165) is 22.9 Å². The smallest absolute Gasteiger partial charge is 0.410 e. The molecule has 4 rings (SSSR count). The average molecular weight is 412 g/mol. The van der Waals surface area contributed by atoms with E-state index >= 15 is 0 Å². The van der Waals surface area contributed by atoms with Crippen LogP contribution in [0.3, 0.4) is 0 Å². The van der Waals surface area contributed by atoms with Gasteiger partial charge in [0.15, 0.2) is 0 Å². The van der Waals surface area contributed by atoms with Crippen molar-refractivity contribution in [3.63, 3.8) is 0 Å². The molecule has 2 aliphatic heterocycles. The largest absolute Gasteiger partial charge is 0.491 e. The molecule has 29 heavy (non-hydrogen) atoms. The first-order chi connectivity index (χ1) is 14.1. The molecule has 150 valence electrons. The fourth-order valence-electron chi connectivity index (χ4n) is 3.00. The predicted molar refractivity (Wildman–Crippen MR) is 108 cm³/mol. The quantitative estimate of drug-likeness (QED) is 0.704. The Morgan fingerprint density at radius 2 is 1.83 bits per heavy atom. The van der Waals surface area contributed by atoms with Gasteiger partial charge in [0.1, 0.15) is 19.0 Å². The fraction of sp³-hybridized carbons (Fsp3) is 0.286. The van der Waals surface area contributed by atoms with Crippen LogP contribution in [0.25, 0.3) is 0 Å². The van der Waals surface area contributed by atoms with Crippen LogP contribution in [-0.4, -0.2) is 46.6 Å². The summed E-state index contributed by atoms with van der Waals surface area (Å²) in [4.78, 5) is 36.5. The van der Waals surface area contributed by atoms with E-state index in [1.165, 1.54) is 0 Å². The van der Waals surface area contributed by atoms with Crippen molar-refractivity contribution < 1.29 is 23.9 Å². The van der Waals surface area contributed by atoms with Crippen LogP contribution in [0.1, 0.15) is 11.1 Å². The summed E-state index contributed by atoms with van der Waals surface area (Å²) in [6.07, 6.45) is 0.159. The standard InChI is InChI=1S/C21H20N2O5S/c24-19-18(29-20(25)22-19)10-14-6-8-17(9-7-14)27-13-16-11-23(16)21(26)28-12-15-4-2-1-3-5-15/h1-9,16,18H,10-13H2,(H,22,24,25)/t16-,18?,23?/m1/s1. The van der Waals surface area contributed by atoms with Crippen molar-refractivity contribution in [1.29, 1.82) is 0 Å². The van der Waals surface area contributed by atoms with Gasteiger partial charge in [0, 0.05) is 6.54 Å². The molecule has 2 aromatic rings. The van der Waals surface area contributed by atoms with E-state index in [9.17, 15) is 14.4 Å². The van der Waals surface area contributed by atoms with Gasteiger partial charge in [-0.1, -0.05) is 54.2 Å². The zero-order valence-corrected chi connectivity index (χ0v) is 16.4. The van der Waals surface area contributed by atoms with Gasteiger partial charge in [-0.05, 0) is 29.7 Å². The molecule has 0 aliphatic carbocycles. The molecule has 0 saturated carbocycles. The van der Waals surface area contributed by atoms with Gasteiger partial charge in [0.25, 0.3) is 5.24 Å². The monoisotopic (exact) mass is 412 g/mol. The van der Waals surface area contributed by atoms with Gasteiger partial charge in [-0.2, -0.15) is 0 Å². The van der Waals surface area contributed by atoms with Crippen molar-refractivity contribution in [3.05, 3.63) is 65.7 Å². The molecule has 3 amide bonds. The van der Waals surface area contributed by atoms with Crippen molar-refractivity contribution in [2.75, 3.05) is 13.2 Å². The van der Waals surface area contributed by atoms with E-state index in [1.54, 1.807) is 4.90 Å². The van der Waals surface area contributed by atoms with Crippen LogP contribution in [-0.2, 0) is 22.6 Å². The third-order valence-corrected chi connectivity index (χ3v) is 5.69. The zero-order chi connectivity index (χ0) is 20.2. The van der Waals surface area contributed by atoms with Crippen molar-refractivity contribution in [3.8, 4) is 5.75 Å². The Bertz CT molecular complexity index is 903. The molecule has 8 heteroatoms. The number of imide groups is 1. The first kappa shape index (κ1) is 19.3. The van der Waals surface area contributed by atoms with Crippen LogP contribution in [0.2, 0.25) is 0 Å². The Balaban J connectivity index is 1.19. The Labute approximate surface area is 172 Å². The second-order valence-electron chi connectivity index (χ2n) is 6.89. The molecule has 0 bridgehead atoms. The molecule has 2 saturated heterocycles. The van der Waals surface area contributed by atoms with Crippen molar-refractivity contribution in [2.45, 2.75) is 24.3 Å². The van der Waals surface area contributed by atoms with Gasteiger partial charge >= 0.3 is 6.09 Å². The lowest BCUT2D eigenvalue weighted by molar-refractivity contribution is -0.118. The maximum atomic E-state index is 12.0. The molecule has 0 aromatic heterocycles. The van der Waals surface area contributed by atoms with Crippen LogP contribution in [0.4, 0.5) is 9.59 Å². The van der Waals surface area contributed by atoms with E-state index in [4.69, 9.17) is 9.47 Å². The van der Waals surface area contributed by atoms with Crippen LogP contribution < -0.4 is 10.1 Å². The maximum Gasteiger partial charge on any atom is 0.410 e. The molecule has 2 atom stereocenters. The van der Waals surface area contributed by atoms with Gasteiger partial charge in [-0.15, -0.1) is 0 Å². The minimum Gasteiger partial charge on any atom is -0.491 e. The average Bonchev–Trinajstić information content (AvgIpc) is 3.44. The van der Waals surface area contributed by atoms with E-state index in [-0.39, 0.29) is 35.1 Å². The highest BCUT2D eigenvalue weighted by Gasteiger charge is 2.40. The normalized spacial score (nSPS) is 20.3. The Hall–Kier alpha value is -3.00. The Morgan fingerprint density at radius 1 is 1.07 bits per heavy atom. The number of nitrogens with one attached hydrogen (secondary N) is 1. The summed E-state index contributed by atoms with van der Waals surface area (Å²) in [5, 5.41) is 1.61. The highest BCUT2D eigenvalue weighted by Crippen LogP contribution is 2.25. The number of carbonyl (C=O) groups is 3. The minimum absolute atomic E-state index is 0.0162. The van der Waals surface area contributed by atoms with E-state index in [2.05, 4.69) is 5.32 Å². The molecule has 2 aromatic carbocycles. The number of thioether (sulfide) groups is 1. The SMILES string of the molecule is O=C1NC(=O)C(Cc2ccc(OC[C@H]3CN3C(=O)OCc3ccccc3)cc2)S1. The van der Waals surface area contributed by atoms with Crippen molar-refractivity contribution in [2.24, 2.45) is 0 Å². The molecule has 2 heterocycles. The highest BCUT2D eigenvalue weighted by atomic mass is 32.2. The lowest BCUT2D eigenvalue weighted by atomic mass is 10.1. The number of benzene rings is 2. The topological polar surface area (TPSA) is 84.7 Å². The van der Waals surface area contributed by atoms with Crippen LogP contribution in [0.15, 0.2) is 54.6 Å². The van der Waals surface area contributed by atoms with Gasteiger partial charge in [-0.25, -0.2) is 4.79 Å². The van der Waals surface area contributed by atoms with Crippen LogP contribution in [0, 0.1) is 0 Å². The number of amides is 3. The van der Waals surface area contributed by atoms with Crippen LogP contribution in [0.5, 0.6) is 5.75 Å². The molecule has 0 radical (unpaired) electrons. The lowest BCUT2D eigenvalue weighted by Gasteiger charge is -2.09. The molecule has 2 fully saturated rings. The third kappa shape index (κ3) is 5.08. The van der Waals surface area contributed by atoms with Gasteiger partial charge in [0.05, 0.1) is 11.3 Å². The van der Waals surface area contributed by atoms with E-state index < -0.39 is 0 Å². The van der Waals surface area contributed by atoms with E-state index in [1.807, 2.05) is 54.6 Å². The number of rotatable bonds is 7. The van der Waals surface area contributed by atoms with E-state index in [0.29, 0.717) is 25.3 Å². The first-order valence-electron chi connectivity index (χ1n) is 9.29. The van der Waals surface area contributed by atoms with Crippen molar-refractivity contribution in [1.82, 2.24) is 10.2 Å². The number of nitrogens with zero attached hydrogens (tertiary/aromatic N) is 1. The maximum absolute atomic E-state index is 12.0. The number of carbonyl (C=O) groups excluding carboxylic acids is 3. The van der Waals surface area contributed by atoms with Gasteiger partial charge in [0.2, 0.25) is 5.91 Å². The molecular weight excluding hydrogens is 392 g/mol. The second kappa shape index (κ2) is 8.57. The second-order valence-corrected chi connectivity index (χ2v) is 8.06. The van der Waals surface area contributed by atoms with Crippen molar-refractivity contribution >= 4 is 29.0 Å². The molecule has 1 N–H and O–H groups in total. The molecule has 0 spiro atoms. The number of hydrogen-bond donors (Lipinski definition) is 1. The van der Waals surface area contributed by atoms with Gasteiger partial charge in [-0.3, -0.25) is 19.8 Å². The zero-order valence-electron chi connectivity index (χ0n) is 15.6. The molecule has 1 unspecified atom stereocenters. The summed E-state index contributed by atoms with van der Waals surface area (Å²) in [7, 11) is 0. The third-order valence-electron chi connectivity index (χ3n) is 4.71. The number of hydrogen-bond acceptors (Lipinski definition) is 6. The summed E-state index contributed by atoms with van der Waals surface area (Å²) in [6.45, 7) is 1.27. The van der Waals surface area contributed by atoms with Gasteiger partial charge < -0.3 is 9.47 Å².